The quantitative estimate of drug-likeness (QED) is 0.174. The lowest BCUT2D eigenvalue weighted by Crippen LogP contribution is -2.43. The van der Waals surface area contributed by atoms with Crippen molar-refractivity contribution in [2.24, 2.45) is 5.92 Å². The average Bonchev–Trinajstić information content (AvgIpc) is 3.87. The van der Waals surface area contributed by atoms with Gasteiger partial charge in [0.2, 0.25) is 0 Å². The Kier molecular flexibility index (Phi) is 9.63. The average molecular weight is 739 g/mol. The SMILES string of the molecule is CC1CCCN(C(=O)OCc2ccccc2)C1c1nc2cc(-c3ccc4cc(-c5cnc(C6CCCN6C(=O)OC(C)(C)C)[nH]5)ccc4c3)ccc2c(=O)[nH]1. The van der Waals surface area contributed by atoms with Gasteiger partial charge in [0.1, 0.15) is 23.9 Å². The molecule has 4 aromatic carbocycles. The minimum Gasteiger partial charge on any atom is -0.445 e. The zero-order valence-electron chi connectivity index (χ0n) is 31.7. The topological polar surface area (TPSA) is 134 Å². The van der Waals surface area contributed by atoms with Crippen LogP contribution in [-0.4, -0.2) is 60.6 Å². The molecular weight excluding hydrogens is 693 g/mol. The van der Waals surface area contributed by atoms with Gasteiger partial charge in [-0.3, -0.25) is 14.6 Å². The molecule has 11 nitrogen and oxygen atoms in total. The van der Waals surface area contributed by atoms with Crippen molar-refractivity contribution < 1.29 is 19.1 Å². The van der Waals surface area contributed by atoms with Gasteiger partial charge in [-0.25, -0.2) is 19.6 Å². The van der Waals surface area contributed by atoms with E-state index in [1.807, 2.05) is 75.5 Å². The van der Waals surface area contributed by atoms with Crippen molar-refractivity contribution in [2.75, 3.05) is 13.1 Å². The molecule has 2 aromatic heterocycles. The standard InChI is InChI=1S/C44H46N6O5/c1-27-10-8-21-50(42(52)54-26-28-11-6-5-7-12-28)38(27)40-46-35-24-32(18-19-34(35)41(51)48-40)30-14-15-31-23-33(17-16-29(31)22-30)36-25-45-39(47-36)37-13-9-20-49(37)43(53)55-44(2,3)4/h5-7,11-12,14-19,22-25,27,37-38H,8-10,13,20-21,26H2,1-4H3,(H,45,47)(H,46,48,51). The molecule has 2 fully saturated rings. The van der Waals surface area contributed by atoms with E-state index in [9.17, 15) is 14.4 Å². The lowest BCUT2D eigenvalue weighted by atomic mass is 9.90. The van der Waals surface area contributed by atoms with Crippen molar-refractivity contribution in [3.8, 4) is 22.4 Å². The second kappa shape index (κ2) is 14.7. The molecule has 0 radical (unpaired) electrons. The van der Waals surface area contributed by atoms with E-state index in [0.29, 0.717) is 29.8 Å². The van der Waals surface area contributed by atoms with Crippen LogP contribution in [0.5, 0.6) is 0 Å². The van der Waals surface area contributed by atoms with Crippen molar-refractivity contribution in [3.63, 3.8) is 0 Å². The summed E-state index contributed by atoms with van der Waals surface area (Å²) in [5.74, 6) is 1.31. The molecule has 2 aliphatic heterocycles. The van der Waals surface area contributed by atoms with Crippen molar-refractivity contribution in [3.05, 3.63) is 119 Å². The molecule has 0 aliphatic carbocycles. The van der Waals surface area contributed by atoms with Gasteiger partial charge in [0.15, 0.2) is 0 Å². The molecule has 2 aliphatic rings. The summed E-state index contributed by atoms with van der Waals surface area (Å²) in [6.45, 7) is 9.06. The molecule has 2 amide bonds. The van der Waals surface area contributed by atoms with Gasteiger partial charge in [-0.1, -0.05) is 67.6 Å². The number of carbonyl (C=O) groups is 2. The number of hydrogen-bond donors (Lipinski definition) is 2. The maximum Gasteiger partial charge on any atom is 0.410 e. The number of amides is 2. The highest BCUT2D eigenvalue weighted by Gasteiger charge is 2.37. The first-order chi connectivity index (χ1) is 26.5. The number of aromatic amines is 2. The normalized spacial score (nSPS) is 18.9. The van der Waals surface area contributed by atoms with Crippen LogP contribution in [0.25, 0.3) is 44.1 Å². The summed E-state index contributed by atoms with van der Waals surface area (Å²) in [6.07, 6.45) is 4.58. The number of imidazole rings is 1. The third kappa shape index (κ3) is 7.56. The highest BCUT2D eigenvalue weighted by molar-refractivity contribution is 5.92. The first-order valence-electron chi connectivity index (χ1n) is 19.1. The smallest absolute Gasteiger partial charge is 0.410 e. The zero-order valence-corrected chi connectivity index (χ0v) is 31.7. The molecule has 4 heterocycles. The molecular formula is C44H46N6O5. The predicted octanol–water partition coefficient (Wildman–Crippen LogP) is 9.32. The number of hydrogen-bond acceptors (Lipinski definition) is 7. The number of likely N-dealkylation sites (tertiary alicyclic amines) is 2. The lowest BCUT2D eigenvalue weighted by Gasteiger charge is -2.38. The van der Waals surface area contributed by atoms with Gasteiger partial charge >= 0.3 is 12.2 Å². The predicted molar refractivity (Wildman–Crippen MR) is 212 cm³/mol. The first kappa shape index (κ1) is 36.0. The fourth-order valence-corrected chi connectivity index (χ4v) is 7.92. The van der Waals surface area contributed by atoms with E-state index in [1.165, 1.54) is 0 Å². The third-order valence-electron chi connectivity index (χ3n) is 10.7. The van der Waals surface area contributed by atoms with Crippen molar-refractivity contribution in [1.29, 1.82) is 0 Å². The van der Waals surface area contributed by atoms with Crippen molar-refractivity contribution in [2.45, 2.75) is 77.7 Å². The van der Waals surface area contributed by atoms with E-state index in [-0.39, 0.29) is 30.2 Å². The Hall–Kier alpha value is -5.97. The number of nitrogens with zero attached hydrogens (tertiary/aromatic N) is 4. The van der Waals surface area contributed by atoms with Crippen LogP contribution in [0.2, 0.25) is 0 Å². The van der Waals surface area contributed by atoms with Gasteiger partial charge in [-0.15, -0.1) is 0 Å². The highest BCUT2D eigenvalue weighted by atomic mass is 16.6. The molecule has 282 valence electrons. The number of aromatic nitrogens is 4. The molecule has 55 heavy (non-hydrogen) atoms. The van der Waals surface area contributed by atoms with Gasteiger partial charge in [0, 0.05) is 18.7 Å². The van der Waals surface area contributed by atoms with Crippen LogP contribution in [0.3, 0.4) is 0 Å². The van der Waals surface area contributed by atoms with Crippen LogP contribution in [-0.2, 0) is 16.1 Å². The fourth-order valence-electron chi connectivity index (χ4n) is 7.92. The maximum absolute atomic E-state index is 13.4. The maximum atomic E-state index is 13.4. The van der Waals surface area contributed by atoms with E-state index >= 15 is 0 Å². The molecule has 8 rings (SSSR count). The van der Waals surface area contributed by atoms with Crippen LogP contribution in [0, 0.1) is 5.92 Å². The number of fused-ring (bicyclic) bond motifs is 2. The molecule has 3 unspecified atom stereocenters. The van der Waals surface area contributed by atoms with E-state index < -0.39 is 17.7 Å². The molecule has 11 heteroatoms. The van der Waals surface area contributed by atoms with E-state index in [0.717, 1.165) is 70.2 Å². The minimum atomic E-state index is -0.560. The molecule has 2 N–H and O–H groups in total. The Bertz CT molecular complexity index is 2430. The monoisotopic (exact) mass is 738 g/mol. The summed E-state index contributed by atoms with van der Waals surface area (Å²) in [7, 11) is 0. The summed E-state index contributed by atoms with van der Waals surface area (Å²) in [5.41, 5.74) is 4.50. The number of benzene rings is 4. The van der Waals surface area contributed by atoms with Gasteiger partial charge in [0.25, 0.3) is 5.56 Å². The molecule has 0 saturated carbocycles. The van der Waals surface area contributed by atoms with Gasteiger partial charge in [-0.2, -0.15) is 0 Å². The minimum absolute atomic E-state index is 0.0789. The van der Waals surface area contributed by atoms with Crippen LogP contribution >= 0.6 is 0 Å². The second-order valence-electron chi connectivity index (χ2n) is 15.8. The highest BCUT2D eigenvalue weighted by Crippen LogP contribution is 2.36. The summed E-state index contributed by atoms with van der Waals surface area (Å²) >= 11 is 0. The van der Waals surface area contributed by atoms with Gasteiger partial charge in [0.05, 0.1) is 34.9 Å². The Labute approximate surface area is 319 Å². The van der Waals surface area contributed by atoms with E-state index in [2.05, 4.69) is 58.3 Å². The molecule has 6 aromatic rings. The fraction of sp³-hybridized carbons (Fsp3) is 0.341. The number of nitrogens with one attached hydrogen (secondary N) is 2. The molecule has 2 saturated heterocycles. The number of carbonyl (C=O) groups excluding carboxylic acids is 2. The number of H-pyrrole nitrogens is 2. The number of rotatable bonds is 6. The van der Waals surface area contributed by atoms with Crippen LogP contribution in [0.4, 0.5) is 9.59 Å². The van der Waals surface area contributed by atoms with Gasteiger partial charge in [-0.05, 0) is 104 Å². The summed E-state index contributed by atoms with van der Waals surface area (Å²) < 4.78 is 11.4. The molecule has 3 atom stereocenters. The summed E-state index contributed by atoms with van der Waals surface area (Å²) in [6, 6.07) is 27.3. The Morgan fingerprint density at radius 1 is 0.800 bits per heavy atom. The van der Waals surface area contributed by atoms with Crippen LogP contribution in [0.1, 0.15) is 82.7 Å². The Morgan fingerprint density at radius 2 is 1.49 bits per heavy atom. The molecule has 0 spiro atoms. The van der Waals surface area contributed by atoms with Gasteiger partial charge < -0.3 is 19.4 Å². The molecule has 0 bridgehead atoms. The summed E-state index contributed by atoms with van der Waals surface area (Å²) in [4.78, 5) is 59.3. The van der Waals surface area contributed by atoms with E-state index in [4.69, 9.17) is 14.5 Å². The number of ether oxygens (including phenoxy) is 2. The Morgan fingerprint density at radius 3 is 2.27 bits per heavy atom. The third-order valence-corrected chi connectivity index (χ3v) is 10.7. The lowest BCUT2D eigenvalue weighted by molar-refractivity contribution is 0.0218. The first-order valence-corrected chi connectivity index (χ1v) is 19.1. The zero-order chi connectivity index (χ0) is 38.3. The summed E-state index contributed by atoms with van der Waals surface area (Å²) in [5, 5.41) is 2.62. The largest absolute Gasteiger partial charge is 0.445 e. The van der Waals surface area contributed by atoms with Crippen LogP contribution < -0.4 is 5.56 Å². The van der Waals surface area contributed by atoms with E-state index in [1.54, 1.807) is 9.80 Å². The Balaban J connectivity index is 1.03. The second-order valence-corrected chi connectivity index (χ2v) is 15.8. The van der Waals surface area contributed by atoms with Crippen LogP contribution in [0.15, 0.2) is 95.9 Å². The van der Waals surface area contributed by atoms with Crippen molar-refractivity contribution in [1.82, 2.24) is 29.7 Å². The number of piperidine rings is 1. The van der Waals surface area contributed by atoms with Crippen molar-refractivity contribution >= 4 is 33.9 Å².